The molecule has 7 heteroatoms. The Morgan fingerprint density at radius 3 is 2.77 bits per heavy atom. The maximum atomic E-state index is 13.0. The Morgan fingerprint density at radius 2 is 2.05 bits per heavy atom. The second-order valence-electron chi connectivity index (χ2n) is 4.21. The van der Waals surface area contributed by atoms with Gasteiger partial charge in [-0.1, -0.05) is 28.1 Å². The third kappa shape index (κ3) is 4.92. The molecule has 0 bridgehead atoms. The molecule has 0 heterocycles. The van der Waals surface area contributed by atoms with E-state index in [-0.39, 0.29) is 6.61 Å². The Hall–Kier alpha value is -2.28. The number of nitrogens with one attached hydrogen (secondary N) is 1. The summed E-state index contributed by atoms with van der Waals surface area (Å²) in [7, 11) is 0. The summed E-state index contributed by atoms with van der Waals surface area (Å²) in [5.74, 6) is -1.86. The van der Waals surface area contributed by atoms with Gasteiger partial charge in [-0.15, -0.1) is 0 Å². The third-order valence-corrected chi connectivity index (χ3v) is 3.01. The second kappa shape index (κ2) is 7.65. The van der Waals surface area contributed by atoms with Gasteiger partial charge >= 0.3 is 0 Å². The van der Waals surface area contributed by atoms with Gasteiger partial charge in [-0.05, 0) is 35.9 Å². The molecule has 0 aromatic heterocycles. The number of hydrogen-bond donors (Lipinski definition) is 1. The van der Waals surface area contributed by atoms with Gasteiger partial charge in [0.2, 0.25) is 0 Å². The van der Waals surface area contributed by atoms with E-state index in [9.17, 15) is 13.6 Å². The highest BCUT2D eigenvalue weighted by Gasteiger charge is 2.03. The van der Waals surface area contributed by atoms with Crippen molar-refractivity contribution in [2.75, 3.05) is 6.61 Å². The number of halogens is 3. The number of rotatable bonds is 5. The number of benzene rings is 2. The highest BCUT2D eigenvalue weighted by Crippen LogP contribution is 2.17. The normalized spacial score (nSPS) is 10.7. The van der Waals surface area contributed by atoms with E-state index >= 15 is 0 Å². The number of carbonyl (C=O) groups is 1. The zero-order valence-corrected chi connectivity index (χ0v) is 12.8. The summed E-state index contributed by atoms with van der Waals surface area (Å²) in [5, 5.41) is 3.64. The molecule has 0 unspecified atom stereocenters. The van der Waals surface area contributed by atoms with Crippen LogP contribution in [0, 0.1) is 11.6 Å². The largest absolute Gasteiger partial charge is 0.484 e. The molecule has 0 atom stereocenters. The van der Waals surface area contributed by atoms with E-state index in [1.807, 2.05) is 6.07 Å². The van der Waals surface area contributed by atoms with Gasteiger partial charge in [-0.3, -0.25) is 4.79 Å². The Bertz CT molecular complexity index is 708. The van der Waals surface area contributed by atoms with E-state index in [1.54, 1.807) is 18.2 Å². The van der Waals surface area contributed by atoms with Crippen LogP contribution in [0.1, 0.15) is 5.56 Å². The van der Waals surface area contributed by atoms with Crippen molar-refractivity contribution in [2.45, 2.75) is 0 Å². The minimum absolute atomic E-state index is 0.217. The first-order chi connectivity index (χ1) is 10.5. The fourth-order valence-corrected chi connectivity index (χ4v) is 1.89. The molecule has 22 heavy (non-hydrogen) atoms. The van der Waals surface area contributed by atoms with Crippen LogP contribution < -0.4 is 10.2 Å². The van der Waals surface area contributed by atoms with Gasteiger partial charge in [0, 0.05) is 4.47 Å². The van der Waals surface area contributed by atoms with Gasteiger partial charge in [0.1, 0.15) is 5.75 Å². The van der Waals surface area contributed by atoms with Crippen LogP contribution in [0.2, 0.25) is 0 Å². The summed E-state index contributed by atoms with van der Waals surface area (Å²) in [4.78, 5) is 11.5. The van der Waals surface area contributed by atoms with Crippen LogP contribution in [0.5, 0.6) is 5.75 Å². The molecule has 0 aliphatic rings. The lowest BCUT2D eigenvalue weighted by Crippen LogP contribution is -2.24. The van der Waals surface area contributed by atoms with Crippen molar-refractivity contribution in [3.63, 3.8) is 0 Å². The van der Waals surface area contributed by atoms with Crippen LogP contribution in [-0.2, 0) is 4.79 Å². The van der Waals surface area contributed by atoms with Gasteiger partial charge in [0.15, 0.2) is 18.2 Å². The average molecular weight is 369 g/mol. The highest BCUT2D eigenvalue weighted by molar-refractivity contribution is 9.10. The molecule has 1 N–H and O–H groups in total. The quantitative estimate of drug-likeness (QED) is 0.650. The molecule has 0 aliphatic carbocycles. The molecular formula is C15H11BrF2N2O2. The fraction of sp³-hybridized carbons (Fsp3) is 0.0667. The van der Waals surface area contributed by atoms with E-state index in [2.05, 4.69) is 26.5 Å². The summed E-state index contributed by atoms with van der Waals surface area (Å²) >= 11 is 3.29. The Kier molecular flexibility index (Phi) is 5.60. The Labute approximate surface area is 133 Å². The summed E-state index contributed by atoms with van der Waals surface area (Å²) < 4.78 is 31.8. The third-order valence-electron chi connectivity index (χ3n) is 2.51. The van der Waals surface area contributed by atoms with Crippen LogP contribution in [0.4, 0.5) is 8.78 Å². The zero-order valence-electron chi connectivity index (χ0n) is 11.2. The number of amides is 1. The number of hydrogen-bond acceptors (Lipinski definition) is 3. The van der Waals surface area contributed by atoms with Gasteiger partial charge in [-0.25, -0.2) is 14.2 Å². The molecule has 2 rings (SSSR count). The van der Waals surface area contributed by atoms with Crippen molar-refractivity contribution in [3.05, 3.63) is 64.1 Å². The summed E-state index contributed by atoms with van der Waals surface area (Å²) in [6.45, 7) is -0.217. The maximum absolute atomic E-state index is 13.0. The molecule has 2 aromatic rings. The first-order valence-electron chi connectivity index (χ1n) is 6.20. The maximum Gasteiger partial charge on any atom is 0.277 e. The number of nitrogens with zero attached hydrogens (tertiary/aromatic N) is 1. The molecule has 0 fully saturated rings. The van der Waals surface area contributed by atoms with Gasteiger partial charge in [0.05, 0.1) is 6.21 Å². The highest BCUT2D eigenvalue weighted by atomic mass is 79.9. The monoisotopic (exact) mass is 368 g/mol. The van der Waals surface area contributed by atoms with E-state index < -0.39 is 17.5 Å². The first-order valence-corrected chi connectivity index (χ1v) is 6.99. The van der Waals surface area contributed by atoms with Crippen molar-refractivity contribution < 1.29 is 18.3 Å². The van der Waals surface area contributed by atoms with Crippen molar-refractivity contribution in [2.24, 2.45) is 5.10 Å². The lowest BCUT2D eigenvalue weighted by atomic mass is 10.2. The average Bonchev–Trinajstić information content (AvgIpc) is 2.49. The lowest BCUT2D eigenvalue weighted by molar-refractivity contribution is -0.123. The van der Waals surface area contributed by atoms with Crippen molar-refractivity contribution in [3.8, 4) is 5.75 Å². The smallest absolute Gasteiger partial charge is 0.277 e. The standard InChI is InChI=1S/C15H11BrF2N2O2/c16-11-2-1-3-12(7-11)22-9-15(21)20-19-8-10-4-5-13(17)14(18)6-10/h1-8H,9H2,(H,20,21)/b19-8-. The predicted octanol–water partition coefficient (Wildman–Crippen LogP) is 3.26. The van der Waals surface area contributed by atoms with Crippen LogP contribution in [0.3, 0.4) is 0 Å². The van der Waals surface area contributed by atoms with Crippen LogP contribution in [0.15, 0.2) is 52.0 Å². The zero-order chi connectivity index (χ0) is 15.9. The second-order valence-corrected chi connectivity index (χ2v) is 5.13. The molecule has 114 valence electrons. The van der Waals surface area contributed by atoms with Crippen molar-refractivity contribution in [1.82, 2.24) is 5.43 Å². The Balaban J connectivity index is 1.82. The van der Waals surface area contributed by atoms with Gasteiger partial charge in [-0.2, -0.15) is 5.10 Å². The molecule has 4 nitrogen and oxygen atoms in total. The molecule has 0 spiro atoms. The van der Waals surface area contributed by atoms with Crippen molar-refractivity contribution in [1.29, 1.82) is 0 Å². The lowest BCUT2D eigenvalue weighted by Gasteiger charge is -2.05. The SMILES string of the molecule is O=C(COc1cccc(Br)c1)N/N=C\c1ccc(F)c(F)c1. The van der Waals surface area contributed by atoms with E-state index in [1.165, 1.54) is 12.3 Å². The minimum Gasteiger partial charge on any atom is -0.484 e. The number of ether oxygens (including phenoxy) is 1. The molecule has 0 aliphatic heterocycles. The summed E-state index contributed by atoms with van der Waals surface area (Å²) in [6.07, 6.45) is 1.21. The molecule has 1 amide bonds. The minimum atomic E-state index is -0.978. The number of hydrazone groups is 1. The van der Waals surface area contributed by atoms with Gasteiger partial charge in [0.25, 0.3) is 5.91 Å². The topological polar surface area (TPSA) is 50.7 Å². The summed E-state index contributed by atoms with van der Waals surface area (Å²) in [5.41, 5.74) is 2.55. The number of carbonyl (C=O) groups excluding carboxylic acids is 1. The fourth-order valence-electron chi connectivity index (χ4n) is 1.51. The molecule has 0 saturated heterocycles. The van der Waals surface area contributed by atoms with Crippen molar-refractivity contribution >= 4 is 28.1 Å². The van der Waals surface area contributed by atoms with E-state index in [4.69, 9.17) is 4.74 Å². The first kappa shape index (κ1) is 16.1. The van der Waals surface area contributed by atoms with Crippen LogP contribution in [0.25, 0.3) is 0 Å². The summed E-state index contributed by atoms with van der Waals surface area (Å²) in [6, 6.07) is 10.3. The van der Waals surface area contributed by atoms with Crippen LogP contribution in [-0.4, -0.2) is 18.7 Å². The molecular weight excluding hydrogens is 358 g/mol. The van der Waals surface area contributed by atoms with Crippen LogP contribution >= 0.6 is 15.9 Å². The molecule has 0 saturated carbocycles. The van der Waals surface area contributed by atoms with Gasteiger partial charge < -0.3 is 4.74 Å². The predicted molar refractivity (Wildman–Crippen MR) is 81.7 cm³/mol. The van der Waals surface area contributed by atoms with E-state index in [0.29, 0.717) is 11.3 Å². The van der Waals surface area contributed by atoms with E-state index in [0.717, 1.165) is 16.6 Å². The molecule has 0 radical (unpaired) electrons. The Morgan fingerprint density at radius 1 is 1.23 bits per heavy atom. The molecule has 2 aromatic carbocycles.